The summed E-state index contributed by atoms with van der Waals surface area (Å²) in [5, 5.41) is 16.3. The van der Waals surface area contributed by atoms with Gasteiger partial charge in [-0.3, -0.25) is 29.5 Å². The fourth-order valence-corrected chi connectivity index (χ4v) is 10.3. The number of alkyl halides is 1. The third kappa shape index (κ3) is 9.45. The molecule has 3 N–H and O–H groups in total. The first kappa shape index (κ1) is 45.1. The van der Waals surface area contributed by atoms with Gasteiger partial charge < -0.3 is 24.7 Å². The number of H-pyrrole nitrogens is 1. The number of nitro groups is 1. The maximum Gasteiger partial charge on any atom is 0.293 e. The number of rotatable bonds is 12. The van der Waals surface area contributed by atoms with Crippen molar-refractivity contribution in [2.75, 3.05) is 74.2 Å². The van der Waals surface area contributed by atoms with Gasteiger partial charge in [-0.1, -0.05) is 43.2 Å². The molecular formula is C47H50ClFN8O8S. The zero-order valence-electron chi connectivity index (χ0n) is 36.6. The minimum Gasteiger partial charge on any atom is -0.466 e. The van der Waals surface area contributed by atoms with Crippen molar-refractivity contribution >= 4 is 78.5 Å². The van der Waals surface area contributed by atoms with Crippen molar-refractivity contribution in [3.05, 3.63) is 111 Å². The smallest absolute Gasteiger partial charge is 0.293 e. The molecule has 0 spiro atoms. The molecule has 5 heterocycles. The number of amides is 2. The molecule has 3 aliphatic heterocycles. The van der Waals surface area contributed by atoms with Crippen LogP contribution < -0.4 is 24.6 Å². The number of carbonyl (C=O) groups is 2. The van der Waals surface area contributed by atoms with Gasteiger partial charge in [0.25, 0.3) is 27.5 Å². The number of nitro benzene ring substituents is 1. The lowest BCUT2D eigenvalue weighted by Gasteiger charge is -2.39. The van der Waals surface area contributed by atoms with Crippen molar-refractivity contribution in [2.24, 2.45) is 5.41 Å². The summed E-state index contributed by atoms with van der Waals surface area (Å²) in [5.41, 5.74) is 3.24. The summed E-state index contributed by atoms with van der Waals surface area (Å²) in [5.74, 6) is -1.47. The summed E-state index contributed by atoms with van der Waals surface area (Å²) < 4.78 is 56.1. The molecule has 2 aromatic heterocycles. The Kier molecular flexibility index (Phi) is 12.3. The predicted molar refractivity (Wildman–Crippen MR) is 250 cm³/mol. The fraction of sp³-hybridized carbons (Fsp3) is 0.383. The van der Waals surface area contributed by atoms with E-state index in [9.17, 15) is 28.1 Å². The number of halogens is 2. The predicted octanol–water partition coefficient (Wildman–Crippen LogP) is 8.02. The highest BCUT2D eigenvalue weighted by atomic mass is 35.5. The Morgan fingerprint density at radius 2 is 1.74 bits per heavy atom. The van der Waals surface area contributed by atoms with E-state index in [0.29, 0.717) is 34.8 Å². The first-order valence-corrected chi connectivity index (χ1v) is 23.8. The highest BCUT2D eigenvalue weighted by molar-refractivity contribution is 7.90. The number of allylic oxidation sites excluding steroid dienone is 1. The quantitative estimate of drug-likeness (QED) is 0.0808. The molecule has 346 valence electrons. The van der Waals surface area contributed by atoms with Gasteiger partial charge in [-0.2, -0.15) is 4.98 Å². The maximum absolute atomic E-state index is 15.3. The summed E-state index contributed by atoms with van der Waals surface area (Å²) in [6.45, 7) is 8.00. The van der Waals surface area contributed by atoms with Gasteiger partial charge >= 0.3 is 0 Å². The van der Waals surface area contributed by atoms with Gasteiger partial charge in [-0.05, 0) is 90.4 Å². The highest BCUT2D eigenvalue weighted by Gasteiger charge is 2.36. The van der Waals surface area contributed by atoms with Crippen LogP contribution in [0.3, 0.4) is 0 Å². The number of aromatic amines is 1. The third-order valence-electron chi connectivity index (χ3n) is 13.0. The number of nitrogens with zero attached hydrogens (tertiary/aromatic N) is 5. The topological polar surface area (TPSA) is 192 Å². The van der Waals surface area contributed by atoms with E-state index in [0.717, 1.165) is 51.0 Å². The van der Waals surface area contributed by atoms with Crippen molar-refractivity contribution in [1.29, 1.82) is 0 Å². The van der Waals surface area contributed by atoms with Crippen LogP contribution in [0.1, 0.15) is 61.9 Å². The van der Waals surface area contributed by atoms with E-state index in [4.69, 9.17) is 21.1 Å². The zero-order chi connectivity index (χ0) is 46.4. The van der Waals surface area contributed by atoms with Crippen molar-refractivity contribution in [3.63, 3.8) is 0 Å². The van der Waals surface area contributed by atoms with Crippen LogP contribution >= 0.6 is 11.6 Å². The van der Waals surface area contributed by atoms with E-state index in [1.165, 1.54) is 33.7 Å². The first-order chi connectivity index (χ1) is 31.5. The molecule has 4 aliphatic rings. The van der Waals surface area contributed by atoms with E-state index >= 15 is 4.39 Å². The van der Waals surface area contributed by atoms with Crippen molar-refractivity contribution in [3.8, 4) is 5.88 Å². The number of nitrogens with one attached hydrogen (secondary N) is 3. The number of sulfonamides is 1. The third-order valence-corrected chi connectivity index (χ3v) is 14.6. The number of pyridine rings is 1. The van der Waals surface area contributed by atoms with E-state index in [2.05, 4.69) is 55.8 Å². The lowest BCUT2D eigenvalue weighted by Crippen LogP contribution is -2.47. The molecule has 16 nitrogen and oxygen atoms in total. The molecule has 0 radical (unpaired) electrons. The van der Waals surface area contributed by atoms with Crippen LogP contribution in [0, 0.1) is 15.5 Å². The van der Waals surface area contributed by atoms with Crippen LogP contribution in [0.2, 0.25) is 5.02 Å². The molecule has 19 heteroatoms. The molecule has 0 atom stereocenters. The number of carbonyl (C=O) groups excluding carboxylic acids is 2. The molecule has 5 aromatic rings. The molecule has 3 aromatic carbocycles. The van der Waals surface area contributed by atoms with Gasteiger partial charge in [-0.25, -0.2) is 17.5 Å². The number of fused-ring (bicyclic) bond motifs is 2. The molecule has 0 saturated carbocycles. The van der Waals surface area contributed by atoms with Gasteiger partial charge in [0, 0.05) is 93.7 Å². The number of piperazine rings is 1. The number of hydrogen-bond acceptors (Lipinski definition) is 12. The Hall–Kier alpha value is -6.08. The van der Waals surface area contributed by atoms with Crippen LogP contribution in [0.5, 0.6) is 5.88 Å². The maximum atomic E-state index is 15.3. The Labute approximate surface area is 386 Å². The van der Waals surface area contributed by atoms with Crippen molar-refractivity contribution in [2.45, 2.75) is 56.5 Å². The minimum atomic E-state index is -4.74. The molecule has 2 fully saturated rings. The standard InChI is InChI=1S/C47H50ClFN8O8S/c1-46(2)13-11-32(37(26-46)30-3-5-33(48)6-4-30)27-54-17-19-55(20-18-54)34-7-9-36(39(24-34)56-41-23-31-12-16-50-43(31)52-45(41)65-28-42(56)58)44(59)53-66(62,63)35-8-10-38(40(25-35)57(60)61)51-29-47(49)14-21-64-22-15-47/h3-10,12,16,23-25,51H,11,13-15,17-22,26-29H2,1-2H3,(H,50,52)(H,53,59). The Balaban J connectivity index is 0.992. The lowest BCUT2D eigenvalue weighted by atomic mass is 9.72. The number of benzene rings is 3. The zero-order valence-corrected chi connectivity index (χ0v) is 38.1. The van der Waals surface area contributed by atoms with Gasteiger partial charge in [0.1, 0.15) is 22.7 Å². The van der Waals surface area contributed by atoms with Crippen molar-refractivity contribution in [1.82, 2.24) is 19.6 Å². The van der Waals surface area contributed by atoms with E-state index in [1.807, 2.05) is 12.1 Å². The second kappa shape index (κ2) is 18.0. The Bertz CT molecular complexity index is 2860. The fourth-order valence-electron chi connectivity index (χ4n) is 9.19. The van der Waals surface area contributed by atoms with Crippen LogP contribution in [-0.2, 0) is 19.6 Å². The van der Waals surface area contributed by atoms with E-state index < -0.39 is 49.6 Å². The average molecular weight is 941 g/mol. The summed E-state index contributed by atoms with van der Waals surface area (Å²) in [6.07, 6.45) is 4.98. The first-order valence-electron chi connectivity index (χ1n) is 21.9. The summed E-state index contributed by atoms with van der Waals surface area (Å²) >= 11 is 6.25. The molecule has 9 rings (SSSR count). The second-order valence-corrected chi connectivity index (χ2v) is 20.2. The number of ether oxygens (including phenoxy) is 2. The number of hydrogen-bond donors (Lipinski definition) is 3. The average Bonchev–Trinajstić information content (AvgIpc) is 3.76. The molecule has 66 heavy (non-hydrogen) atoms. The molecule has 0 bridgehead atoms. The Morgan fingerprint density at radius 3 is 2.48 bits per heavy atom. The second-order valence-electron chi connectivity index (χ2n) is 18.1. The van der Waals surface area contributed by atoms with Crippen molar-refractivity contribution < 1.29 is 36.8 Å². The van der Waals surface area contributed by atoms with Crippen LogP contribution in [-0.4, -0.2) is 105 Å². The monoisotopic (exact) mass is 940 g/mol. The SMILES string of the molecule is CC1(C)CCC(CN2CCN(c3ccc(C(=O)NS(=O)(=O)c4ccc(NCC5(F)CCOCC5)c([N+](=O)[O-])c4)c(N4C(=O)COc5nc6[nH]ccc6cc54)c3)CC2)=C(c2ccc(Cl)cc2)C1. The van der Waals surface area contributed by atoms with Gasteiger partial charge in [0.05, 0.1) is 21.1 Å². The van der Waals surface area contributed by atoms with E-state index in [1.54, 1.807) is 30.5 Å². The molecule has 0 unspecified atom stereocenters. The summed E-state index contributed by atoms with van der Waals surface area (Å²) in [4.78, 5) is 52.5. The molecule has 2 amide bonds. The number of anilines is 4. The van der Waals surface area contributed by atoms with Crippen LogP contribution in [0.25, 0.3) is 16.6 Å². The van der Waals surface area contributed by atoms with Gasteiger partial charge in [-0.15, -0.1) is 0 Å². The van der Waals surface area contributed by atoms with E-state index in [-0.39, 0.29) is 66.5 Å². The highest BCUT2D eigenvalue weighted by Crippen LogP contribution is 2.44. The van der Waals surface area contributed by atoms with Crippen LogP contribution in [0.4, 0.5) is 32.8 Å². The molecular weight excluding hydrogens is 891 g/mol. The van der Waals surface area contributed by atoms with Gasteiger partial charge in [0.15, 0.2) is 6.61 Å². The lowest BCUT2D eigenvalue weighted by molar-refractivity contribution is -0.384. The van der Waals surface area contributed by atoms with Crippen LogP contribution in [0.15, 0.2) is 89.5 Å². The number of aromatic nitrogens is 2. The summed E-state index contributed by atoms with van der Waals surface area (Å²) in [7, 11) is -4.74. The summed E-state index contributed by atoms with van der Waals surface area (Å²) in [6, 6.07) is 19.5. The minimum absolute atomic E-state index is 0.0834. The molecule has 1 aliphatic carbocycles. The molecule has 2 saturated heterocycles. The van der Waals surface area contributed by atoms with Gasteiger partial charge in [0.2, 0.25) is 5.88 Å². The normalized spacial score (nSPS) is 18.8. The Morgan fingerprint density at radius 1 is 0.985 bits per heavy atom. The largest absolute Gasteiger partial charge is 0.466 e.